The van der Waals surface area contributed by atoms with Crippen molar-refractivity contribution in [3.05, 3.63) is 10.4 Å². The standard InChI is InChI=1S/C4H5F3N6O2/c5-4(6,7)3(15)13(12-11-9)10-2(14)1-8/h1,8H2,(H,10,14). The number of rotatable bonds is 2. The number of alkyl halides is 3. The Morgan fingerprint density at radius 2 is 2.07 bits per heavy atom. The lowest BCUT2D eigenvalue weighted by Gasteiger charge is -2.12. The number of hydrogen-bond acceptors (Lipinski definition) is 4. The Balaban J connectivity index is 4.75. The normalized spacial score (nSPS) is 10.1. The van der Waals surface area contributed by atoms with E-state index < -0.39 is 29.7 Å². The third-order valence-corrected chi connectivity index (χ3v) is 0.980. The minimum Gasteiger partial charge on any atom is -0.322 e. The zero-order chi connectivity index (χ0) is 12.1. The van der Waals surface area contributed by atoms with Crippen molar-refractivity contribution in [2.75, 3.05) is 6.54 Å². The van der Waals surface area contributed by atoms with Crippen LogP contribution in [-0.4, -0.2) is 29.7 Å². The lowest BCUT2D eigenvalue weighted by molar-refractivity contribution is -0.189. The average molecular weight is 226 g/mol. The molecule has 2 amide bonds. The molecule has 11 heteroatoms. The molecule has 0 aromatic heterocycles. The Bertz CT molecular complexity index is 308. The van der Waals surface area contributed by atoms with Crippen LogP contribution in [0.4, 0.5) is 13.2 Å². The molecule has 0 radical (unpaired) electrons. The van der Waals surface area contributed by atoms with E-state index in [0.717, 1.165) is 0 Å². The predicted molar refractivity (Wildman–Crippen MR) is 39.2 cm³/mol. The topological polar surface area (TPSA) is 124 Å². The molecule has 0 fully saturated rings. The van der Waals surface area contributed by atoms with Crippen molar-refractivity contribution >= 4 is 11.8 Å². The van der Waals surface area contributed by atoms with Gasteiger partial charge in [-0.1, -0.05) is 5.12 Å². The summed E-state index contributed by atoms with van der Waals surface area (Å²) in [5.41, 5.74) is 14.0. The van der Waals surface area contributed by atoms with Gasteiger partial charge in [0.25, 0.3) is 5.91 Å². The number of halogens is 3. The minimum absolute atomic E-state index is 0.574. The Morgan fingerprint density at radius 3 is 2.40 bits per heavy atom. The molecule has 8 nitrogen and oxygen atoms in total. The first-order chi connectivity index (χ1) is 6.82. The second-order valence-corrected chi connectivity index (χ2v) is 2.03. The molecule has 0 aromatic rings. The summed E-state index contributed by atoms with van der Waals surface area (Å²) < 4.78 is 35.5. The first-order valence-corrected chi connectivity index (χ1v) is 3.28. The zero-order valence-electron chi connectivity index (χ0n) is 7.02. The van der Waals surface area contributed by atoms with E-state index in [1.165, 1.54) is 5.43 Å². The summed E-state index contributed by atoms with van der Waals surface area (Å²) in [6.45, 7) is -0.664. The Hall–Kier alpha value is -2.00. The van der Waals surface area contributed by atoms with Gasteiger partial charge in [-0.25, -0.2) is 4.79 Å². The van der Waals surface area contributed by atoms with E-state index in [1.54, 1.807) is 0 Å². The number of nitrogens with one attached hydrogen (secondary N) is 1. The smallest absolute Gasteiger partial charge is 0.322 e. The monoisotopic (exact) mass is 226 g/mol. The minimum atomic E-state index is -5.27. The number of amides is 2. The summed E-state index contributed by atoms with van der Waals surface area (Å²) in [5, 5.41) is 1.76. The molecule has 0 heterocycles. The fraction of sp³-hybridized carbons (Fsp3) is 0.500. The van der Waals surface area contributed by atoms with Gasteiger partial charge in [0.05, 0.1) is 6.54 Å². The van der Waals surface area contributed by atoms with Crippen molar-refractivity contribution in [3.63, 3.8) is 0 Å². The highest BCUT2D eigenvalue weighted by atomic mass is 19.4. The quantitative estimate of drug-likeness (QED) is 0.288. The van der Waals surface area contributed by atoms with Gasteiger partial charge in [0, 0.05) is 5.22 Å². The first-order valence-electron chi connectivity index (χ1n) is 3.28. The highest BCUT2D eigenvalue weighted by molar-refractivity contribution is 5.85. The van der Waals surface area contributed by atoms with E-state index in [0.29, 0.717) is 0 Å². The van der Waals surface area contributed by atoms with Gasteiger partial charge in [0.15, 0.2) is 0 Å². The maximum absolute atomic E-state index is 11.8. The lowest BCUT2D eigenvalue weighted by atomic mass is 10.6. The van der Waals surface area contributed by atoms with Crippen LogP contribution < -0.4 is 11.2 Å². The number of hydrazine groups is 1. The van der Waals surface area contributed by atoms with E-state index in [2.05, 4.69) is 5.22 Å². The predicted octanol–water partition coefficient (Wildman–Crippen LogP) is -0.408. The van der Waals surface area contributed by atoms with E-state index >= 15 is 0 Å². The molecule has 0 spiro atoms. The molecular formula is C4H5F3N6O2. The van der Waals surface area contributed by atoms with Gasteiger partial charge in [-0.15, -0.1) is 5.53 Å². The summed E-state index contributed by atoms with van der Waals surface area (Å²) >= 11 is 0. The number of azide groups is 1. The largest absolute Gasteiger partial charge is 0.498 e. The van der Waals surface area contributed by atoms with Crippen LogP contribution in [0.3, 0.4) is 0 Å². The van der Waals surface area contributed by atoms with Gasteiger partial charge in [-0.3, -0.25) is 4.79 Å². The number of nitrogens with two attached hydrogens (primary N) is 1. The second kappa shape index (κ2) is 5.02. The van der Waals surface area contributed by atoms with Crippen molar-refractivity contribution in [2.45, 2.75) is 6.18 Å². The lowest BCUT2D eigenvalue weighted by Crippen LogP contribution is -2.49. The highest BCUT2D eigenvalue weighted by Crippen LogP contribution is 2.17. The van der Waals surface area contributed by atoms with Gasteiger partial charge in [0.2, 0.25) is 0 Å². The molecule has 0 atom stereocenters. The van der Waals surface area contributed by atoms with Crippen molar-refractivity contribution in [2.24, 2.45) is 11.0 Å². The van der Waals surface area contributed by atoms with Gasteiger partial charge < -0.3 is 5.73 Å². The molecule has 0 aliphatic rings. The van der Waals surface area contributed by atoms with Crippen molar-refractivity contribution in [3.8, 4) is 0 Å². The Kier molecular flexibility index (Phi) is 4.35. The van der Waals surface area contributed by atoms with Crippen molar-refractivity contribution in [1.82, 2.24) is 10.5 Å². The van der Waals surface area contributed by atoms with E-state index in [4.69, 9.17) is 11.3 Å². The van der Waals surface area contributed by atoms with Gasteiger partial charge >= 0.3 is 12.1 Å². The maximum atomic E-state index is 11.8. The fourth-order valence-corrected chi connectivity index (χ4v) is 0.438. The fourth-order valence-electron chi connectivity index (χ4n) is 0.438. The van der Waals surface area contributed by atoms with Crippen LogP contribution in [0.25, 0.3) is 10.4 Å². The number of carbonyl (C=O) groups is 2. The van der Waals surface area contributed by atoms with E-state index in [-0.39, 0.29) is 0 Å². The maximum Gasteiger partial charge on any atom is 0.498 e. The molecule has 0 saturated carbocycles. The van der Waals surface area contributed by atoms with Gasteiger partial charge in [-0.2, -0.15) is 23.5 Å². The van der Waals surface area contributed by atoms with E-state index in [9.17, 15) is 22.8 Å². The van der Waals surface area contributed by atoms with Crippen LogP contribution in [0.2, 0.25) is 0 Å². The van der Waals surface area contributed by atoms with Gasteiger partial charge in [0.1, 0.15) is 0 Å². The molecule has 0 unspecified atom stereocenters. The molecule has 0 rings (SSSR count). The molecule has 0 saturated heterocycles. The third-order valence-electron chi connectivity index (χ3n) is 0.980. The van der Waals surface area contributed by atoms with Crippen LogP contribution in [0.1, 0.15) is 0 Å². The Labute approximate surface area is 80.4 Å². The van der Waals surface area contributed by atoms with Crippen LogP contribution >= 0.6 is 0 Å². The third kappa shape index (κ3) is 4.15. The van der Waals surface area contributed by atoms with Crippen LogP contribution in [0.5, 0.6) is 0 Å². The summed E-state index contributed by atoms with van der Waals surface area (Å²) in [6.07, 6.45) is -5.27. The molecule has 3 N–H and O–H groups in total. The average Bonchev–Trinajstić information content (AvgIpc) is 2.14. The zero-order valence-corrected chi connectivity index (χ0v) is 7.02. The van der Waals surface area contributed by atoms with Crippen molar-refractivity contribution in [1.29, 1.82) is 0 Å². The molecule has 0 aliphatic heterocycles. The number of carbonyl (C=O) groups excluding carboxylic acids is 2. The highest BCUT2D eigenvalue weighted by Gasteiger charge is 2.47. The molecule has 0 aromatic carbocycles. The molecule has 0 aliphatic carbocycles. The van der Waals surface area contributed by atoms with Crippen LogP contribution in [0, 0.1) is 0 Å². The molecule has 15 heavy (non-hydrogen) atoms. The first kappa shape index (κ1) is 13.0. The summed E-state index contributed by atoms with van der Waals surface area (Å²) in [6, 6.07) is 0. The van der Waals surface area contributed by atoms with Crippen LogP contribution in [0.15, 0.2) is 5.22 Å². The summed E-state index contributed by atoms with van der Waals surface area (Å²) in [4.78, 5) is 23.0. The Morgan fingerprint density at radius 1 is 1.53 bits per heavy atom. The summed E-state index contributed by atoms with van der Waals surface area (Å²) in [5.74, 6) is -3.64. The van der Waals surface area contributed by atoms with Crippen molar-refractivity contribution < 1.29 is 22.8 Å². The number of hydrogen-bond donors (Lipinski definition) is 2. The van der Waals surface area contributed by atoms with Crippen LogP contribution in [-0.2, 0) is 9.59 Å². The second-order valence-electron chi connectivity index (χ2n) is 2.03. The molecular weight excluding hydrogens is 221 g/mol. The molecule has 84 valence electrons. The van der Waals surface area contributed by atoms with Gasteiger partial charge in [-0.05, 0) is 0 Å². The molecule has 0 bridgehead atoms. The number of nitrogens with zero attached hydrogens (tertiary/aromatic N) is 4. The SMILES string of the molecule is [N-]=[N+]=NN(NC(=O)CN)C(=O)C(F)(F)F. The summed E-state index contributed by atoms with van der Waals surface area (Å²) in [7, 11) is 0. The van der Waals surface area contributed by atoms with E-state index in [1.807, 2.05) is 4.91 Å².